The van der Waals surface area contributed by atoms with E-state index in [1.54, 1.807) is 24.4 Å². The first-order valence-corrected chi connectivity index (χ1v) is 9.68. The van der Waals surface area contributed by atoms with E-state index in [0.717, 1.165) is 0 Å². The summed E-state index contributed by atoms with van der Waals surface area (Å²) in [6, 6.07) is 6.34. The Morgan fingerprint density at radius 1 is 1.24 bits per heavy atom. The molecule has 0 saturated carbocycles. The van der Waals surface area contributed by atoms with Crippen molar-refractivity contribution in [2.24, 2.45) is 0 Å². The number of nitrogens with zero attached hydrogens (tertiary/aromatic N) is 4. The molecule has 7 nitrogen and oxygen atoms in total. The second-order valence-electron chi connectivity index (χ2n) is 5.25. The maximum atomic E-state index is 13.7. The first kappa shape index (κ1) is 17.6. The molecule has 0 fully saturated rings. The molecule has 3 rings (SSSR count). The van der Waals surface area contributed by atoms with Gasteiger partial charge in [0.05, 0.1) is 17.2 Å². The van der Waals surface area contributed by atoms with Crippen LogP contribution in [0, 0.1) is 5.82 Å². The fraction of sp³-hybridized carbons (Fsp3) is 0.200. The van der Waals surface area contributed by atoms with Gasteiger partial charge in [0.25, 0.3) is 10.0 Å². The molecule has 0 bridgehead atoms. The average Bonchev–Trinajstić information content (AvgIpc) is 3.17. The number of nitrogens with one attached hydrogen (secondary N) is 1. The lowest BCUT2D eigenvalue weighted by molar-refractivity contribution is 0.585. The molecular formula is C15H15BrFN5O2S. The van der Waals surface area contributed by atoms with Crippen molar-refractivity contribution < 1.29 is 12.8 Å². The molecule has 1 N–H and O–H groups in total. The topological polar surface area (TPSA) is 81.8 Å². The zero-order valence-electron chi connectivity index (χ0n) is 13.2. The molecule has 0 aliphatic carbocycles. The van der Waals surface area contributed by atoms with Crippen LogP contribution in [0.4, 0.5) is 10.2 Å². The van der Waals surface area contributed by atoms with Crippen LogP contribution >= 0.6 is 15.9 Å². The Bertz CT molecular complexity index is 999. The summed E-state index contributed by atoms with van der Waals surface area (Å²) in [5.41, 5.74) is 0.455. The van der Waals surface area contributed by atoms with Gasteiger partial charge < -0.3 is 0 Å². The molecule has 0 atom stereocenters. The maximum Gasteiger partial charge on any atom is 0.266 e. The Hall–Kier alpha value is -2.20. The van der Waals surface area contributed by atoms with Crippen LogP contribution in [0.15, 0.2) is 52.2 Å². The molecule has 0 spiro atoms. The van der Waals surface area contributed by atoms with Crippen LogP contribution in [0.25, 0.3) is 0 Å². The van der Waals surface area contributed by atoms with Gasteiger partial charge in [-0.3, -0.25) is 14.1 Å². The Kier molecular flexibility index (Phi) is 4.91. The predicted octanol–water partition coefficient (Wildman–Crippen LogP) is 2.85. The molecule has 0 unspecified atom stereocenters. The smallest absolute Gasteiger partial charge is 0.266 e. The molecule has 2 heterocycles. The highest BCUT2D eigenvalue weighted by atomic mass is 79.9. The molecule has 10 heteroatoms. The molecule has 1 aromatic carbocycles. The SMILES string of the molecule is CCn1cc(S(=O)(=O)Nc2nn(Cc3ccccc3F)cc2Br)cn1. The van der Waals surface area contributed by atoms with Crippen LogP contribution in [0.5, 0.6) is 0 Å². The minimum atomic E-state index is -3.81. The van der Waals surface area contributed by atoms with Crippen LogP contribution in [-0.4, -0.2) is 28.0 Å². The second kappa shape index (κ2) is 6.96. The summed E-state index contributed by atoms with van der Waals surface area (Å²) in [5.74, 6) is -0.219. The predicted molar refractivity (Wildman–Crippen MR) is 94.1 cm³/mol. The van der Waals surface area contributed by atoms with Gasteiger partial charge >= 0.3 is 0 Å². The molecule has 0 radical (unpaired) electrons. The van der Waals surface area contributed by atoms with E-state index in [1.165, 1.54) is 27.8 Å². The van der Waals surface area contributed by atoms with Crippen molar-refractivity contribution in [3.63, 3.8) is 0 Å². The standard InChI is InChI=1S/C15H15BrFN5O2S/c1-2-21-9-12(7-18-21)25(23,24)20-15-13(16)10-22(19-15)8-11-5-3-4-6-14(11)17/h3-7,9-10H,2,8H2,1H3,(H,19,20). The van der Waals surface area contributed by atoms with Gasteiger partial charge in [0.2, 0.25) is 0 Å². The lowest BCUT2D eigenvalue weighted by atomic mass is 10.2. The Balaban J connectivity index is 1.82. The molecular weight excluding hydrogens is 413 g/mol. The number of benzene rings is 1. The van der Waals surface area contributed by atoms with Crippen LogP contribution < -0.4 is 4.72 Å². The van der Waals surface area contributed by atoms with Crippen molar-refractivity contribution in [2.45, 2.75) is 24.9 Å². The molecule has 25 heavy (non-hydrogen) atoms. The van der Waals surface area contributed by atoms with Gasteiger partial charge in [-0.05, 0) is 28.9 Å². The number of anilines is 1. The zero-order chi connectivity index (χ0) is 18.0. The number of hydrogen-bond acceptors (Lipinski definition) is 4. The van der Waals surface area contributed by atoms with Crippen molar-refractivity contribution in [2.75, 3.05) is 4.72 Å². The molecule has 0 aliphatic rings. The number of aryl methyl sites for hydroxylation is 1. The first-order valence-electron chi connectivity index (χ1n) is 7.40. The number of hydrogen-bond donors (Lipinski definition) is 1. The van der Waals surface area contributed by atoms with Gasteiger partial charge in [0.1, 0.15) is 10.7 Å². The van der Waals surface area contributed by atoms with E-state index in [0.29, 0.717) is 16.6 Å². The molecule has 2 aromatic heterocycles. The lowest BCUT2D eigenvalue weighted by Gasteiger charge is -2.04. The minimum absolute atomic E-state index is 0.0462. The van der Waals surface area contributed by atoms with Gasteiger partial charge in [-0.1, -0.05) is 18.2 Å². The van der Waals surface area contributed by atoms with Crippen molar-refractivity contribution >= 4 is 31.8 Å². The number of halogens is 2. The summed E-state index contributed by atoms with van der Waals surface area (Å²) in [7, 11) is -3.81. The summed E-state index contributed by atoms with van der Waals surface area (Å²) < 4.78 is 44.4. The minimum Gasteiger partial charge on any atom is -0.272 e. The largest absolute Gasteiger partial charge is 0.272 e. The van der Waals surface area contributed by atoms with Gasteiger partial charge in [0.15, 0.2) is 5.82 Å². The quantitative estimate of drug-likeness (QED) is 0.655. The Morgan fingerprint density at radius 2 is 2.00 bits per heavy atom. The molecule has 132 valence electrons. The molecule has 0 aliphatic heterocycles. The summed E-state index contributed by atoms with van der Waals surface area (Å²) in [6.07, 6.45) is 4.29. The third kappa shape index (κ3) is 3.90. The van der Waals surface area contributed by atoms with E-state index < -0.39 is 10.0 Å². The lowest BCUT2D eigenvalue weighted by Crippen LogP contribution is -2.13. The van der Waals surface area contributed by atoms with E-state index in [9.17, 15) is 12.8 Å². The van der Waals surface area contributed by atoms with Crippen molar-refractivity contribution in [1.29, 1.82) is 0 Å². The van der Waals surface area contributed by atoms with Crippen LogP contribution in [-0.2, 0) is 23.1 Å². The third-order valence-corrected chi connectivity index (χ3v) is 5.36. The molecule has 0 saturated heterocycles. The fourth-order valence-electron chi connectivity index (χ4n) is 2.19. The summed E-state index contributed by atoms with van der Waals surface area (Å²) in [4.78, 5) is 0.0462. The van der Waals surface area contributed by atoms with Gasteiger partial charge in [-0.15, -0.1) is 0 Å². The second-order valence-corrected chi connectivity index (χ2v) is 7.79. The summed E-state index contributed by atoms with van der Waals surface area (Å²) in [6.45, 7) is 2.61. The van der Waals surface area contributed by atoms with Gasteiger partial charge in [0, 0.05) is 24.5 Å². The average molecular weight is 428 g/mol. The third-order valence-electron chi connectivity index (χ3n) is 3.48. The van der Waals surface area contributed by atoms with Gasteiger partial charge in [-0.2, -0.15) is 10.2 Å². The highest BCUT2D eigenvalue weighted by Crippen LogP contribution is 2.24. The van der Waals surface area contributed by atoms with Gasteiger partial charge in [-0.25, -0.2) is 12.8 Å². The maximum absolute atomic E-state index is 13.7. The molecule has 0 amide bonds. The number of rotatable bonds is 6. The van der Waals surface area contributed by atoms with Crippen molar-refractivity contribution in [1.82, 2.24) is 19.6 Å². The van der Waals surface area contributed by atoms with E-state index in [1.807, 2.05) is 6.92 Å². The zero-order valence-corrected chi connectivity index (χ0v) is 15.6. The first-order chi connectivity index (χ1) is 11.9. The summed E-state index contributed by atoms with van der Waals surface area (Å²) >= 11 is 3.27. The van der Waals surface area contributed by atoms with E-state index in [2.05, 4.69) is 30.8 Å². The van der Waals surface area contributed by atoms with Crippen LogP contribution in [0.1, 0.15) is 12.5 Å². The number of aromatic nitrogens is 4. The van der Waals surface area contributed by atoms with Crippen molar-refractivity contribution in [3.05, 3.63) is 58.7 Å². The highest BCUT2D eigenvalue weighted by molar-refractivity contribution is 9.10. The van der Waals surface area contributed by atoms with E-state index in [4.69, 9.17) is 0 Å². The molecule has 3 aromatic rings. The van der Waals surface area contributed by atoms with Crippen LogP contribution in [0.3, 0.4) is 0 Å². The normalized spacial score (nSPS) is 11.6. The monoisotopic (exact) mass is 427 g/mol. The fourth-order valence-corrected chi connectivity index (χ4v) is 3.71. The highest BCUT2D eigenvalue weighted by Gasteiger charge is 2.20. The van der Waals surface area contributed by atoms with Crippen molar-refractivity contribution in [3.8, 4) is 0 Å². The van der Waals surface area contributed by atoms with Crippen LogP contribution in [0.2, 0.25) is 0 Å². The number of sulfonamides is 1. The van der Waals surface area contributed by atoms with E-state index in [-0.39, 0.29) is 23.1 Å². The summed E-state index contributed by atoms with van der Waals surface area (Å²) in [5, 5.41) is 8.12. The van der Waals surface area contributed by atoms with E-state index >= 15 is 0 Å². The Morgan fingerprint density at radius 3 is 2.68 bits per heavy atom. The Labute approximate surface area is 152 Å².